The number of rotatable bonds is 2. The number of nitrogens with zero attached hydrogens (tertiary/aromatic N) is 2. The first-order valence-electron chi connectivity index (χ1n) is 30.5. The number of benzene rings is 9. The summed E-state index contributed by atoms with van der Waals surface area (Å²) >= 11 is 0. The molecule has 11 aromatic rings. The van der Waals surface area contributed by atoms with Crippen LogP contribution in [0.3, 0.4) is 0 Å². The molecule has 0 bridgehead atoms. The summed E-state index contributed by atoms with van der Waals surface area (Å²) < 4.78 is 5.63. The van der Waals surface area contributed by atoms with Crippen molar-refractivity contribution >= 4 is 95.4 Å². The van der Waals surface area contributed by atoms with Crippen molar-refractivity contribution in [2.75, 3.05) is 0 Å². The molecule has 15 rings (SSSR count). The van der Waals surface area contributed by atoms with Gasteiger partial charge in [-0.25, -0.2) is 0 Å². The summed E-state index contributed by atoms with van der Waals surface area (Å²) in [5.74, 6) is 0. The van der Waals surface area contributed by atoms with E-state index in [9.17, 15) is 0 Å². The Morgan fingerprint density at radius 1 is 0.341 bits per heavy atom. The van der Waals surface area contributed by atoms with E-state index in [0.717, 1.165) is 0 Å². The lowest BCUT2D eigenvalue weighted by atomic mass is 9.33. The van der Waals surface area contributed by atoms with E-state index in [2.05, 4.69) is 285 Å². The van der Waals surface area contributed by atoms with Crippen molar-refractivity contribution in [1.29, 1.82) is 0 Å². The van der Waals surface area contributed by atoms with Gasteiger partial charge in [-0.15, -0.1) is 0 Å². The lowest BCUT2D eigenvalue weighted by Gasteiger charge is -2.44. The maximum Gasteiger partial charge on any atom is 0.253 e. The van der Waals surface area contributed by atoms with Crippen LogP contribution in [0.15, 0.2) is 152 Å². The molecule has 4 aliphatic rings. The second-order valence-electron chi connectivity index (χ2n) is 31.4. The van der Waals surface area contributed by atoms with E-state index in [0.29, 0.717) is 0 Å². The summed E-state index contributed by atoms with van der Waals surface area (Å²) in [5, 5.41) is 12.9. The van der Waals surface area contributed by atoms with Gasteiger partial charge in [0.25, 0.3) is 6.71 Å². The van der Waals surface area contributed by atoms with Crippen molar-refractivity contribution in [2.24, 2.45) is 0 Å². The molecule has 0 radical (unpaired) electrons. The molecule has 0 amide bonds. The fraction of sp³-hybridized carbons (Fsp3) is 0.308. The Kier molecular flexibility index (Phi) is 10.2. The van der Waals surface area contributed by atoms with Crippen LogP contribution in [0.2, 0.25) is 0 Å². The van der Waals surface area contributed by atoms with Gasteiger partial charge in [0.05, 0.1) is 16.7 Å². The fourth-order valence-electron chi connectivity index (χ4n) is 15.5. The fourth-order valence-corrected chi connectivity index (χ4v) is 21.1. The molecule has 0 fully saturated rings. The number of hydrogen-bond acceptors (Lipinski definition) is 0. The summed E-state index contributed by atoms with van der Waals surface area (Å²) in [5.41, 5.74) is 27.1. The predicted molar refractivity (Wildman–Crippen MR) is 359 cm³/mol. The first-order chi connectivity index (χ1) is 38.5. The number of hydrogen-bond donors (Lipinski definition) is 0. The minimum Gasteiger partial charge on any atom is -0.310 e. The van der Waals surface area contributed by atoms with Crippen LogP contribution in [-0.4, -0.2) is 23.9 Å². The molecule has 408 valence electrons. The van der Waals surface area contributed by atoms with Gasteiger partial charge in [0, 0.05) is 38.6 Å². The van der Waals surface area contributed by atoms with E-state index in [1.54, 1.807) is 15.6 Å². The van der Waals surface area contributed by atoms with Crippen molar-refractivity contribution in [3.8, 4) is 44.9 Å². The molecule has 0 saturated heterocycles. The minimum atomic E-state index is -3.23. The second-order valence-corrected chi connectivity index (χ2v) is 35.1. The van der Waals surface area contributed by atoms with Gasteiger partial charge in [0.2, 0.25) is 0 Å². The first kappa shape index (κ1) is 51.7. The van der Waals surface area contributed by atoms with Gasteiger partial charge in [-0.3, -0.25) is 0 Å². The van der Waals surface area contributed by atoms with Crippen LogP contribution in [0.5, 0.6) is 0 Å². The third-order valence-corrected chi connectivity index (χ3v) is 24.9. The van der Waals surface area contributed by atoms with E-state index in [1.807, 2.05) is 0 Å². The zero-order chi connectivity index (χ0) is 57.7. The maximum absolute atomic E-state index is 3.23. The molecule has 0 atom stereocenters. The molecule has 0 aliphatic carbocycles. The molecule has 2 aromatic heterocycles. The molecule has 2 nitrogen and oxygen atoms in total. The normalized spacial score (nSPS) is 15.0. The zero-order valence-corrected chi connectivity index (χ0v) is 52.9. The highest BCUT2D eigenvalue weighted by molar-refractivity contribution is 7.24. The van der Waals surface area contributed by atoms with Gasteiger partial charge in [-0.1, -0.05) is 252 Å². The first-order valence-corrected chi connectivity index (χ1v) is 32.5. The van der Waals surface area contributed by atoms with Crippen LogP contribution in [0, 0.1) is 0 Å². The Hall–Kier alpha value is -7.14. The molecule has 0 saturated carbocycles. The summed E-state index contributed by atoms with van der Waals surface area (Å²) in [6.07, 6.45) is 0. The summed E-state index contributed by atoms with van der Waals surface area (Å²) in [6.45, 7) is 43.0. The van der Waals surface area contributed by atoms with Crippen molar-refractivity contribution in [2.45, 2.75) is 157 Å². The van der Waals surface area contributed by atoms with Gasteiger partial charge in [0.15, 0.2) is 8.07 Å². The van der Waals surface area contributed by atoms with Crippen molar-refractivity contribution in [3.63, 3.8) is 0 Å². The number of fused-ring (bicyclic) bond motifs is 13. The van der Waals surface area contributed by atoms with Crippen molar-refractivity contribution in [3.05, 3.63) is 185 Å². The Labute approximate surface area is 488 Å². The van der Waals surface area contributed by atoms with E-state index < -0.39 is 8.07 Å². The summed E-state index contributed by atoms with van der Waals surface area (Å²) in [6, 6.07) is 62.5. The molecule has 9 aromatic carbocycles. The molecule has 0 N–H and O–H groups in total. The van der Waals surface area contributed by atoms with Crippen LogP contribution in [0.1, 0.15) is 158 Å². The predicted octanol–water partition coefficient (Wildman–Crippen LogP) is 15.8. The molecule has 4 aliphatic heterocycles. The smallest absolute Gasteiger partial charge is 0.253 e. The Bertz CT molecular complexity index is 4580. The Balaban J connectivity index is 1.20. The monoisotopic (exact) mass is 1080 g/mol. The van der Waals surface area contributed by atoms with Gasteiger partial charge in [-0.2, -0.15) is 0 Å². The summed E-state index contributed by atoms with van der Waals surface area (Å²) in [4.78, 5) is 0. The SMILES string of the molecule is CC(C)(C)c1ccc(-c2c(-c3ccc(C(C)(C)C)cc3)n3c4c(c5ccccc5cc24)B2c4c-3ccc3c4-n4c5c2cc(C(C)(C)C)cc5c2cc(C(C)(C)C)cc(c24)[Si]32c3cc(C(C)(C)C)ccc3-c3ccc(C(C)(C)C)cc32)cc1. The average molecular weight is 1080 g/mol. The number of aromatic nitrogens is 2. The highest BCUT2D eigenvalue weighted by Gasteiger charge is 2.57. The minimum absolute atomic E-state index is 0.0123. The quantitative estimate of drug-likeness (QED) is 0.153. The van der Waals surface area contributed by atoms with E-state index in [-0.39, 0.29) is 39.2 Å². The van der Waals surface area contributed by atoms with Crippen LogP contribution in [0.25, 0.3) is 88.4 Å². The zero-order valence-electron chi connectivity index (χ0n) is 51.9. The van der Waals surface area contributed by atoms with Gasteiger partial charge in [0.1, 0.15) is 0 Å². The van der Waals surface area contributed by atoms with E-state index in [4.69, 9.17) is 0 Å². The second kappa shape index (κ2) is 16.1. The lowest BCUT2D eigenvalue weighted by molar-refractivity contribution is 0.590. The van der Waals surface area contributed by atoms with Crippen molar-refractivity contribution in [1.82, 2.24) is 9.13 Å². The van der Waals surface area contributed by atoms with Gasteiger partial charge in [-0.05, 0) is 160 Å². The molecule has 4 heteroatoms. The average Bonchev–Trinajstić information content (AvgIpc) is 1.42. The Morgan fingerprint density at radius 2 is 0.829 bits per heavy atom. The summed E-state index contributed by atoms with van der Waals surface area (Å²) in [7, 11) is -3.23. The van der Waals surface area contributed by atoms with Crippen LogP contribution in [0.4, 0.5) is 0 Å². The standard InChI is InChI=1S/C78H79BN2Si/c1-73(2,3)47-27-23-44(24-28-47)65-58-37-46-21-19-20-22-53(46)66-71(58)80(68(65)45-25-29-48(30-26-45)74(4,5)6)60-35-36-61-72-67(60)79(66)59-40-51(77(13,14)15)38-56-57-39-52(78(16,17)18)43-64(70(57)81(72)69(56)59)82(61)62-41-49(75(7,8)9)31-33-54(62)55-34-32-50(42-63(55)82)76(10,11)12/h19-43H,1-18H3. The third kappa shape index (κ3) is 6.82. The van der Waals surface area contributed by atoms with Crippen LogP contribution in [-0.2, 0) is 32.5 Å². The molecule has 82 heavy (non-hydrogen) atoms. The van der Waals surface area contributed by atoms with Crippen molar-refractivity contribution < 1.29 is 0 Å². The van der Waals surface area contributed by atoms with Gasteiger partial charge < -0.3 is 9.13 Å². The molecule has 6 heterocycles. The maximum atomic E-state index is 2.86. The lowest BCUT2D eigenvalue weighted by Crippen LogP contribution is -2.77. The van der Waals surface area contributed by atoms with E-state index in [1.165, 1.54) is 143 Å². The van der Waals surface area contributed by atoms with Gasteiger partial charge >= 0.3 is 0 Å². The molecule has 1 spiro atoms. The topological polar surface area (TPSA) is 9.86 Å². The van der Waals surface area contributed by atoms with Crippen LogP contribution < -0.4 is 37.1 Å². The highest BCUT2D eigenvalue weighted by Crippen LogP contribution is 2.49. The molecule has 0 unspecified atom stereocenters. The van der Waals surface area contributed by atoms with Crippen LogP contribution >= 0.6 is 0 Å². The molecular weight excluding hydrogens is 1000 g/mol. The third-order valence-electron chi connectivity index (χ3n) is 20.0. The largest absolute Gasteiger partial charge is 0.310 e. The Morgan fingerprint density at radius 3 is 1.38 bits per heavy atom. The highest BCUT2D eigenvalue weighted by atomic mass is 28.3. The molecular formula is C78H79BN2Si. The van der Waals surface area contributed by atoms with E-state index >= 15 is 0 Å².